The van der Waals surface area contributed by atoms with Crippen molar-refractivity contribution in [2.75, 3.05) is 25.6 Å². The van der Waals surface area contributed by atoms with Gasteiger partial charge in [0.25, 0.3) is 5.56 Å². The molecule has 1 aromatic carbocycles. The number of fused-ring (bicyclic) bond motifs is 1. The first-order chi connectivity index (χ1) is 11.8. The van der Waals surface area contributed by atoms with Crippen molar-refractivity contribution in [1.82, 2.24) is 14.9 Å². The topological polar surface area (TPSA) is 96.3 Å². The van der Waals surface area contributed by atoms with Crippen LogP contribution in [0.4, 0.5) is 0 Å². The molecular formula is C17H19N3O4S. The summed E-state index contributed by atoms with van der Waals surface area (Å²) in [5.41, 5.74) is 1.22. The monoisotopic (exact) mass is 361 g/mol. The van der Waals surface area contributed by atoms with Crippen LogP contribution in [0.5, 0.6) is 0 Å². The molecule has 2 aromatic heterocycles. The van der Waals surface area contributed by atoms with Crippen LogP contribution in [-0.4, -0.2) is 48.9 Å². The summed E-state index contributed by atoms with van der Waals surface area (Å²) in [5.74, 6) is 1.49. The summed E-state index contributed by atoms with van der Waals surface area (Å²) >= 11 is 0. The second-order valence-corrected chi connectivity index (χ2v) is 8.36. The molecule has 0 amide bonds. The Morgan fingerprint density at radius 2 is 2.04 bits per heavy atom. The third-order valence-electron chi connectivity index (χ3n) is 3.86. The van der Waals surface area contributed by atoms with E-state index in [4.69, 9.17) is 4.42 Å². The predicted octanol–water partition coefficient (Wildman–Crippen LogP) is 1.66. The van der Waals surface area contributed by atoms with E-state index in [9.17, 15) is 13.2 Å². The molecule has 0 spiro atoms. The largest absolute Gasteiger partial charge is 0.460 e. The highest BCUT2D eigenvalue weighted by Gasteiger charge is 2.11. The van der Waals surface area contributed by atoms with Crippen molar-refractivity contribution >= 4 is 20.7 Å². The maximum atomic E-state index is 11.9. The summed E-state index contributed by atoms with van der Waals surface area (Å²) in [6, 6.07) is 9.07. The number of hydrogen-bond donors (Lipinski definition) is 1. The Balaban J connectivity index is 1.77. The molecule has 0 aliphatic rings. The van der Waals surface area contributed by atoms with E-state index in [2.05, 4.69) is 9.97 Å². The maximum Gasteiger partial charge on any atom is 0.258 e. The highest BCUT2D eigenvalue weighted by atomic mass is 32.2. The number of benzene rings is 1. The van der Waals surface area contributed by atoms with Crippen LogP contribution in [0.25, 0.3) is 22.2 Å². The lowest BCUT2D eigenvalue weighted by Gasteiger charge is -2.14. The van der Waals surface area contributed by atoms with E-state index in [1.165, 1.54) is 12.6 Å². The van der Waals surface area contributed by atoms with Crippen LogP contribution in [-0.2, 0) is 16.4 Å². The summed E-state index contributed by atoms with van der Waals surface area (Å²) in [5, 5.41) is 0.503. The van der Waals surface area contributed by atoms with E-state index in [0.29, 0.717) is 29.8 Å². The smallest absolute Gasteiger partial charge is 0.258 e. The van der Waals surface area contributed by atoms with Gasteiger partial charge in [-0.05, 0) is 37.4 Å². The zero-order chi connectivity index (χ0) is 18.0. The van der Waals surface area contributed by atoms with E-state index in [1.54, 1.807) is 12.1 Å². The lowest BCUT2D eigenvalue weighted by molar-refractivity contribution is 0.312. The molecule has 0 aliphatic carbocycles. The van der Waals surface area contributed by atoms with Gasteiger partial charge < -0.3 is 9.40 Å². The molecule has 7 nitrogen and oxygen atoms in total. The molecule has 0 bridgehead atoms. The van der Waals surface area contributed by atoms with E-state index >= 15 is 0 Å². The molecule has 0 saturated heterocycles. The number of rotatable bonds is 6. The lowest BCUT2D eigenvalue weighted by Crippen LogP contribution is -2.24. The lowest BCUT2D eigenvalue weighted by atomic mass is 10.1. The third-order valence-corrected chi connectivity index (χ3v) is 4.78. The fourth-order valence-corrected chi connectivity index (χ4v) is 3.15. The van der Waals surface area contributed by atoms with Crippen LogP contribution in [0.15, 0.2) is 45.9 Å². The molecule has 132 valence electrons. The summed E-state index contributed by atoms with van der Waals surface area (Å²) in [4.78, 5) is 20.4. The van der Waals surface area contributed by atoms with Gasteiger partial charge >= 0.3 is 0 Å². The first-order valence-electron chi connectivity index (χ1n) is 7.75. The minimum absolute atomic E-state index is 0.109. The van der Waals surface area contributed by atoms with Gasteiger partial charge in [-0.25, -0.2) is 13.4 Å². The van der Waals surface area contributed by atoms with Gasteiger partial charge in [-0.15, -0.1) is 0 Å². The number of aromatic nitrogens is 2. The average Bonchev–Trinajstić information content (AvgIpc) is 3.01. The summed E-state index contributed by atoms with van der Waals surface area (Å²) < 4.78 is 28.3. The minimum atomic E-state index is -2.98. The van der Waals surface area contributed by atoms with Crippen molar-refractivity contribution in [2.45, 2.75) is 6.54 Å². The fraction of sp³-hybridized carbons (Fsp3) is 0.294. The van der Waals surface area contributed by atoms with Crippen LogP contribution in [0.1, 0.15) is 5.76 Å². The fourth-order valence-electron chi connectivity index (χ4n) is 2.51. The molecule has 0 fully saturated rings. The van der Waals surface area contributed by atoms with Crippen molar-refractivity contribution in [1.29, 1.82) is 0 Å². The average molecular weight is 361 g/mol. The molecule has 0 atom stereocenters. The summed E-state index contributed by atoms with van der Waals surface area (Å²) in [6.45, 7) is 0.942. The second kappa shape index (κ2) is 6.81. The molecule has 25 heavy (non-hydrogen) atoms. The predicted molar refractivity (Wildman–Crippen MR) is 96.1 cm³/mol. The summed E-state index contributed by atoms with van der Waals surface area (Å²) in [7, 11) is -1.14. The van der Waals surface area contributed by atoms with E-state index < -0.39 is 9.84 Å². The third kappa shape index (κ3) is 4.34. The number of nitrogens with one attached hydrogen (secondary N) is 1. The molecule has 0 radical (unpaired) electrons. The number of hydrogen-bond acceptors (Lipinski definition) is 6. The Bertz CT molecular complexity index is 1050. The Kier molecular flexibility index (Phi) is 4.73. The quantitative estimate of drug-likeness (QED) is 0.717. The second-order valence-electron chi connectivity index (χ2n) is 6.10. The molecule has 0 unspecified atom stereocenters. The van der Waals surface area contributed by atoms with Gasteiger partial charge in [-0.1, -0.05) is 0 Å². The highest BCUT2D eigenvalue weighted by Crippen LogP contribution is 2.24. The standard InChI is InChI=1S/C17H19N3O4S/c1-20(7-8-25(2,22)23)10-13-4-6-16(24-13)12-3-5-15-14(9-12)17(21)19-11-18-15/h3-6,9,11H,7-8,10H2,1-2H3,(H,18,19,21). The highest BCUT2D eigenvalue weighted by molar-refractivity contribution is 7.90. The van der Waals surface area contributed by atoms with Crippen molar-refractivity contribution < 1.29 is 12.8 Å². The van der Waals surface area contributed by atoms with Gasteiger partial charge in [0, 0.05) is 18.4 Å². The Morgan fingerprint density at radius 3 is 2.80 bits per heavy atom. The Labute approximate surface area is 145 Å². The van der Waals surface area contributed by atoms with Gasteiger partial charge in [-0.3, -0.25) is 9.69 Å². The van der Waals surface area contributed by atoms with Gasteiger partial charge in [0.05, 0.1) is 29.5 Å². The molecule has 8 heteroatoms. The molecule has 1 N–H and O–H groups in total. The number of sulfone groups is 1. The van der Waals surface area contributed by atoms with Crippen LogP contribution in [0.3, 0.4) is 0 Å². The molecule has 0 aliphatic heterocycles. The van der Waals surface area contributed by atoms with Crippen LogP contribution >= 0.6 is 0 Å². The van der Waals surface area contributed by atoms with Gasteiger partial charge in [0.15, 0.2) is 0 Å². The first-order valence-corrected chi connectivity index (χ1v) is 9.81. The Hall–Kier alpha value is -2.45. The van der Waals surface area contributed by atoms with Gasteiger partial charge in [0.2, 0.25) is 0 Å². The van der Waals surface area contributed by atoms with E-state index in [1.807, 2.05) is 30.1 Å². The zero-order valence-electron chi connectivity index (χ0n) is 14.0. The van der Waals surface area contributed by atoms with Crippen molar-refractivity contribution in [2.24, 2.45) is 0 Å². The molecule has 3 rings (SSSR count). The molecular weight excluding hydrogens is 342 g/mol. The van der Waals surface area contributed by atoms with E-state index in [0.717, 1.165) is 11.3 Å². The number of aromatic amines is 1. The Morgan fingerprint density at radius 1 is 1.24 bits per heavy atom. The number of furan rings is 1. The normalized spacial score (nSPS) is 12.1. The summed E-state index contributed by atoms with van der Waals surface area (Å²) in [6.07, 6.45) is 2.60. The van der Waals surface area contributed by atoms with Crippen molar-refractivity contribution in [3.05, 3.63) is 52.8 Å². The first kappa shape index (κ1) is 17.4. The van der Waals surface area contributed by atoms with Crippen molar-refractivity contribution in [3.8, 4) is 11.3 Å². The number of H-pyrrole nitrogens is 1. The van der Waals surface area contributed by atoms with Crippen LogP contribution in [0.2, 0.25) is 0 Å². The van der Waals surface area contributed by atoms with Gasteiger partial charge in [0.1, 0.15) is 21.4 Å². The van der Waals surface area contributed by atoms with Crippen LogP contribution in [0, 0.1) is 0 Å². The number of nitrogens with zero attached hydrogens (tertiary/aromatic N) is 2. The molecule has 0 saturated carbocycles. The van der Waals surface area contributed by atoms with Crippen molar-refractivity contribution in [3.63, 3.8) is 0 Å². The van der Waals surface area contributed by atoms with Crippen LogP contribution < -0.4 is 5.56 Å². The zero-order valence-corrected chi connectivity index (χ0v) is 14.8. The molecule has 3 aromatic rings. The maximum absolute atomic E-state index is 11.9. The SMILES string of the molecule is CN(CCS(C)(=O)=O)Cc1ccc(-c2ccc3nc[nH]c(=O)c3c2)o1. The van der Waals surface area contributed by atoms with Gasteiger partial charge in [-0.2, -0.15) is 0 Å². The van der Waals surface area contributed by atoms with E-state index in [-0.39, 0.29) is 11.3 Å². The minimum Gasteiger partial charge on any atom is -0.460 e. The molecule has 2 heterocycles.